The minimum Gasteiger partial charge on any atom is -0.143 e. The van der Waals surface area contributed by atoms with Crippen molar-refractivity contribution in [2.45, 2.75) is 204 Å². The predicted molar refractivity (Wildman–Crippen MR) is 288 cm³/mol. The van der Waals surface area contributed by atoms with Gasteiger partial charge in [-0.25, -0.2) is 0 Å². The van der Waals surface area contributed by atoms with Crippen molar-refractivity contribution >= 4 is 104 Å². The van der Waals surface area contributed by atoms with Gasteiger partial charge < -0.3 is 0 Å². The molecule has 6 heterocycles. The summed E-state index contributed by atoms with van der Waals surface area (Å²) in [6.07, 6.45) is 22.2. The van der Waals surface area contributed by atoms with Crippen molar-refractivity contribution < 1.29 is 1.43 Å². The van der Waals surface area contributed by atoms with E-state index in [0.29, 0.717) is 0 Å². The van der Waals surface area contributed by atoms with Crippen LogP contribution in [0.2, 0.25) is 39.0 Å². The average molecular weight is 1020 g/mol. The standard InChI is InChI=1S/C25H39S2Si.C24H38S2Si.3CH3.Sn.H2/c1-6-10-12-20(8-3)17-28(18-21(9-4)13-11-7-2)22-14-15-26-24(22)25-23(28)16-19(5)27-25;1-5-9-11-19(7-3)17-27(18-20(8-4)12-10-6-2)21-13-15-25-23(21)24-22(27)14-16-26-24;;;;;/h14,16,20-21H,6-13,17-18H2,1-5H3;13-16,19-20H,5-12,17-18H2,1-4H3;3*1H3;;1H/i;;;;;;1+1. The van der Waals surface area contributed by atoms with Crippen LogP contribution in [0.1, 0.15) is 164 Å². The summed E-state index contributed by atoms with van der Waals surface area (Å²) in [7, 11) is -3.34. The van der Waals surface area contributed by atoms with Crippen LogP contribution in [0.4, 0.5) is 0 Å². The minimum absolute atomic E-state index is 0. The van der Waals surface area contributed by atoms with Gasteiger partial charge in [0.2, 0.25) is 0 Å². The second-order valence-electron chi connectivity index (χ2n) is 20.2. The fourth-order valence-electron chi connectivity index (χ4n) is 11.1. The number of aryl methyl sites for hydroxylation is 1. The summed E-state index contributed by atoms with van der Waals surface area (Å²) in [5.74, 6) is 3.65. The zero-order valence-electron chi connectivity index (χ0n) is 40.0. The van der Waals surface area contributed by atoms with E-state index in [2.05, 4.69) is 135 Å². The van der Waals surface area contributed by atoms with Crippen LogP contribution in [0.3, 0.4) is 0 Å². The van der Waals surface area contributed by atoms with Crippen LogP contribution in [0.5, 0.6) is 0 Å². The second kappa shape index (κ2) is 23.3. The number of hydrogen-bond acceptors (Lipinski definition) is 4. The van der Waals surface area contributed by atoms with E-state index in [4.69, 9.17) is 0 Å². The van der Waals surface area contributed by atoms with E-state index in [0.717, 1.165) is 23.7 Å². The summed E-state index contributed by atoms with van der Waals surface area (Å²) in [4.78, 5) is 16.2. The molecule has 0 saturated heterocycles. The molecule has 0 bridgehead atoms. The van der Waals surface area contributed by atoms with Crippen molar-refractivity contribution in [1.82, 2.24) is 0 Å². The minimum atomic E-state index is -2.09. The van der Waals surface area contributed by atoms with Crippen molar-refractivity contribution in [3.05, 3.63) is 39.9 Å². The van der Waals surface area contributed by atoms with Gasteiger partial charge in [-0.2, -0.15) is 0 Å². The second-order valence-corrected chi connectivity index (χ2v) is 47.8. The molecule has 2 aliphatic heterocycles. The van der Waals surface area contributed by atoms with Crippen molar-refractivity contribution in [1.29, 1.82) is 0 Å². The topological polar surface area (TPSA) is 0 Å². The molecule has 4 aromatic heterocycles. The fraction of sp³-hybridized carbons (Fsp3) is 0.692. The largest absolute Gasteiger partial charge is 0.143 e. The summed E-state index contributed by atoms with van der Waals surface area (Å²) in [5, 5.41) is 12.2. The monoisotopic (exact) mass is 1020 g/mol. The van der Waals surface area contributed by atoms with Crippen molar-refractivity contribution in [3.63, 3.8) is 0 Å². The molecule has 0 nitrogen and oxygen atoms in total. The molecule has 0 aromatic carbocycles. The molecule has 6 rings (SSSR count). The van der Waals surface area contributed by atoms with Crippen LogP contribution < -0.4 is 23.6 Å². The first-order chi connectivity index (χ1) is 28.4. The summed E-state index contributed by atoms with van der Waals surface area (Å²) in [6.45, 7) is 21.6. The van der Waals surface area contributed by atoms with Gasteiger partial charge in [-0.3, -0.25) is 0 Å². The van der Waals surface area contributed by atoms with Crippen LogP contribution >= 0.6 is 45.3 Å². The van der Waals surface area contributed by atoms with Gasteiger partial charge in [-0.15, -0.1) is 22.7 Å². The Morgan fingerprint density at radius 2 is 0.847 bits per heavy atom. The Morgan fingerprint density at radius 3 is 1.20 bits per heavy atom. The summed E-state index contributed by atoms with van der Waals surface area (Å²) < 4.78 is 1.82. The quantitative estimate of drug-likeness (QED) is 0.0581. The number of unbranched alkanes of at least 4 members (excludes halogenated alkanes) is 4. The van der Waals surface area contributed by atoms with Gasteiger partial charge in [0.05, 0.1) is 0 Å². The first-order valence-corrected chi connectivity index (χ1v) is 43.0. The van der Waals surface area contributed by atoms with Crippen molar-refractivity contribution in [3.8, 4) is 19.5 Å². The summed E-state index contributed by atoms with van der Waals surface area (Å²) in [5.41, 5.74) is 0. The van der Waals surface area contributed by atoms with Gasteiger partial charge in [-0.05, 0) is 45.1 Å². The fourth-order valence-corrected chi connectivity index (χ4v) is 37.0. The molecule has 4 aromatic rings. The summed E-state index contributed by atoms with van der Waals surface area (Å²) in [6, 6.07) is 16.6. The molecule has 4 unspecified atom stereocenters. The normalized spacial score (nSPS) is 18.4. The first kappa shape index (κ1) is 50.0. The molecule has 0 spiro atoms. The van der Waals surface area contributed by atoms with Gasteiger partial charge in [0.25, 0.3) is 0 Å². The Labute approximate surface area is 388 Å². The molecule has 0 aliphatic carbocycles. The molecule has 0 saturated carbocycles. The Kier molecular flexibility index (Phi) is 19.8. The maximum atomic E-state index is 2.81. The van der Waals surface area contributed by atoms with Crippen LogP contribution in [-0.2, 0) is 0 Å². The molecular weight excluding hydrogens is 928 g/mol. The zero-order chi connectivity index (χ0) is 42.8. The first-order valence-electron chi connectivity index (χ1n) is 24.8. The van der Waals surface area contributed by atoms with Gasteiger partial charge in [0.15, 0.2) is 0 Å². The zero-order valence-corrected chi connectivity index (χ0v) is 48.2. The van der Waals surface area contributed by atoms with Crippen molar-refractivity contribution in [2.24, 2.45) is 23.7 Å². The number of thiophene rings is 4. The number of fused-ring (bicyclic) bond motifs is 6. The van der Waals surface area contributed by atoms with Crippen LogP contribution in [0, 0.1) is 30.6 Å². The molecule has 4 atom stereocenters. The Morgan fingerprint density at radius 1 is 0.492 bits per heavy atom. The maximum Gasteiger partial charge on any atom is 0.122 e. The Hall–Kier alpha value is 0.0325. The molecular formula is C52H88S4Si2Sn. The van der Waals surface area contributed by atoms with Gasteiger partial charge in [0, 0.05) is 11.2 Å². The Balaban J connectivity index is 0.000000264. The summed E-state index contributed by atoms with van der Waals surface area (Å²) >= 11 is 6.29. The molecule has 7 heteroatoms. The van der Waals surface area contributed by atoms with Crippen LogP contribution in [0.15, 0.2) is 35.0 Å². The van der Waals surface area contributed by atoms with Crippen LogP contribution in [0.25, 0.3) is 19.5 Å². The maximum absolute atomic E-state index is 2.81. The molecule has 0 N–H and O–H groups in total. The van der Waals surface area contributed by atoms with E-state index < -0.39 is 34.5 Å². The third-order valence-electron chi connectivity index (χ3n) is 14.9. The van der Waals surface area contributed by atoms with Gasteiger partial charge in [0.1, 0.15) is 8.07 Å². The predicted octanol–water partition coefficient (Wildman–Crippen LogP) is 16.7. The molecule has 0 radical (unpaired) electrons. The SMILES string of the molecule is CCCCC(CC)C[Si]1(CC(CC)CCCC)c2cc(C)sc2-c2s[c]([Sn]([CH3])([CH3])[CH3])cc21.CCCCC(CC)C[Si]1(CC(CC)CCCC)c2ccsc2-c2sccc21.[2HH]. The molecule has 332 valence electrons. The molecule has 0 fully saturated rings. The number of rotatable bonds is 25. The third-order valence-corrected chi connectivity index (χ3v) is 40.2. The van der Waals surface area contributed by atoms with E-state index in [9.17, 15) is 0 Å². The Bertz CT molecular complexity index is 1760. The van der Waals surface area contributed by atoms with E-state index >= 15 is 0 Å². The molecule has 0 amide bonds. The number of hydrogen-bond donors (Lipinski definition) is 0. The average Bonchev–Trinajstić information content (AvgIpc) is 4.08. The van der Waals surface area contributed by atoms with Crippen LogP contribution in [-0.4, -0.2) is 34.5 Å². The van der Waals surface area contributed by atoms with E-state index in [-0.39, 0.29) is 1.43 Å². The third kappa shape index (κ3) is 11.5. The molecule has 2 aliphatic rings. The van der Waals surface area contributed by atoms with E-state index in [1.54, 1.807) is 24.4 Å². The smallest absolute Gasteiger partial charge is 0.122 e. The van der Waals surface area contributed by atoms with E-state index in [1.165, 1.54) is 127 Å². The van der Waals surface area contributed by atoms with Gasteiger partial charge >= 0.3 is 214 Å². The van der Waals surface area contributed by atoms with Crippen molar-refractivity contribution in [2.75, 3.05) is 0 Å². The molecule has 59 heavy (non-hydrogen) atoms. The van der Waals surface area contributed by atoms with E-state index in [1.807, 2.05) is 46.3 Å². The van der Waals surface area contributed by atoms with Gasteiger partial charge in [-0.1, -0.05) is 91.2 Å².